The van der Waals surface area contributed by atoms with Gasteiger partial charge in [-0.2, -0.15) is 0 Å². The van der Waals surface area contributed by atoms with Crippen LogP contribution in [0.15, 0.2) is 17.5 Å². The van der Waals surface area contributed by atoms with Gasteiger partial charge < -0.3 is 0 Å². The molecule has 0 saturated carbocycles. The van der Waals surface area contributed by atoms with Crippen molar-refractivity contribution in [1.82, 2.24) is 4.98 Å². The fourth-order valence-electron chi connectivity index (χ4n) is 0.898. The molecular weight excluding hydrogens is 293 g/mol. The SMILES string of the molecule is Clc1nc(I)cc2sccc12. The van der Waals surface area contributed by atoms with Gasteiger partial charge in [-0.05, 0) is 40.1 Å². The largest absolute Gasteiger partial charge is 0.229 e. The highest BCUT2D eigenvalue weighted by atomic mass is 127. The number of rotatable bonds is 0. The van der Waals surface area contributed by atoms with Crippen LogP contribution in [0.25, 0.3) is 10.1 Å². The second-order valence-corrected chi connectivity index (χ2v) is 4.48. The topological polar surface area (TPSA) is 12.9 Å². The van der Waals surface area contributed by atoms with Gasteiger partial charge in [-0.1, -0.05) is 11.6 Å². The minimum atomic E-state index is 0.605. The molecule has 0 aliphatic rings. The minimum Gasteiger partial charge on any atom is -0.229 e. The van der Waals surface area contributed by atoms with Crippen molar-refractivity contribution in [3.05, 3.63) is 26.4 Å². The van der Waals surface area contributed by atoms with Gasteiger partial charge in [0.25, 0.3) is 0 Å². The summed E-state index contributed by atoms with van der Waals surface area (Å²) in [5, 5.41) is 3.68. The number of halogens is 2. The number of hydrogen-bond acceptors (Lipinski definition) is 2. The van der Waals surface area contributed by atoms with Crippen LogP contribution >= 0.6 is 45.5 Å². The van der Waals surface area contributed by atoms with Crippen LogP contribution in [0.3, 0.4) is 0 Å². The van der Waals surface area contributed by atoms with Crippen molar-refractivity contribution in [3.8, 4) is 0 Å². The lowest BCUT2D eigenvalue weighted by Gasteiger charge is -1.93. The molecule has 2 aromatic rings. The summed E-state index contributed by atoms with van der Waals surface area (Å²) in [5.74, 6) is 0. The van der Waals surface area contributed by atoms with Crippen molar-refractivity contribution >= 4 is 55.6 Å². The molecule has 0 amide bonds. The first kappa shape index (κ1) is 7.76. The van der Waals surface area contributed by atoms with E-state index in [-0.39, 0.29) is 0 Å². The molecule has 56 valence electrons. The zero-order chi connectivity index (χ0) is 7.84. The van der Waals surface area contributed by atoms with Crippen LogP contribution in [0.4, 0.5) is 0 Å². The molecule has 4 heteroatoms. The Balaban J connectivity index is 2.91. The average molecular weight is 296 g/mol. The van der Waals surface area contributed by atoms with E-state index in [0.717, 1.165) is 9.09 Å². The van der Waals surface area contributed by atoms with Crippen LogP contribution in [0.2, 0.25) is 5.15 Å². The summed E-state index contributed by atoms with van der Waals surface area (Å²) in [4.78, 5) is 4.13. The highest BCUT2D eigenvalue weighted by molar-refractivity contribution is 14.1. The van der Waals surface area contributed by atoms with Crippen molar-refractivity contribution in [3.63, 3.8) is 0 Å². The van der Waals surface area contributed by atoms with E-state index < -0.39 is 0 Å². The number of aromatic nitrogens is 1. The van der Waals surface area contributed by atoms with E-state index in [1.807, 2.05) is 17.5 Å². The Hall–Kier alpha value is 0.130. The maximum atomic E-state index is 5.89. The molecule has 0 aliphatic carbocycles. The van der Waals surface area contributed by atoms with E-state index in [0.29, 0.717) is 5.15 Å². The van der Waals surface area contributed by atoms with Crippen LogP contribution in [0.1, 0.15) is 0 Å². The van der Waals surface area contributed by atoms with Gasteiger partial charge in [-0.15, -0.1) is 11.3 Å². The Labute approximate surface area is 86.5 Å². The molecule has 0 atom stereocenters. The zero-order valence-corrected chi connectivity index (χ0v) is 9.07. The molecule has 1 nitrogen and oxygen atoms in total. The Morgan fingerprint density at radius 1 is 1.55 bits per heavy atom. The third kappa shape index (κ3) is 1.37. The molecule has 2 aromatic heterocycles. The quantitative estimate of drug-likeness (QED) is 0.535. The standard InChI is InChI=1S/C7H3ClINS/c8-7-4-1-2-11-5(4)3-6(9)10-7/h1-3H. The van der Waals surface area contributed by atoms with Gasteiger partial charge in [0, 0.05) is 10.1 Å². The van der Waals surface area contributed by atoms with E-state index in [1.165, 1.54) is 4.70 Å². The summed E-state index contributed by atoms with van der Waals surface area (Å²) >= 11 is 9.74. The summed E-state index contributed by atoms with van der Waals surface area (Å²) in [5.41, 5.74) is 0. The van der Waals surface area contributed by atoms with E-state index in [4.69, 9.17) is 11.6 Å². The van der Waals surface area contributed by atoms with Gasteiger partial charge in [0.2, 0.25) is 0 Å². The second-order valence-electron chi connectivity index (χ2n) is 2.07. The zero-order valence-electron chi connectivity index (χ0n) is 5.34. The fraction of sp³-hybridized carbons (Fsp3) is 0. The van der Waals surface area contributed by atoms with Gasteiger partial charge in [-0.3, -0.25) is 0 Å². The van der Waals surface area contributed by atoms with E-state index in [9.17, 15) is 0 Å². The summed E-state index contributed by atoms with van der Waals surface area (Å²) in [6, 6.07) is 4.03. The van der Waals surface area contributed by atoms with Gasteiger partial charge in [0.1, 0.15) is 8.85 Å². The van der Waals surface area contributed by atoms with Crippen LogP contribution in [0.5, 0.6) is 0 Å². The smallest absolute Gasteiger partial charge is 0.138 e. The average Bonchev–Trinajstić information content (AvgIpc) is 2.34. The molecule has 0 fully saturated rings. The first-order valence-corrected chi connectivity index (χ1v) is 5.30. The normalized spacial score (nSPS) is 10.7. The van der Waals surface area contributed by atoms with Crippen LogP contribution in [-0.2, 0) is 0 Å². The monoisotopic (exact) mass is 295 g/mol. The molecule has 2 heterocycles. The maximum absolute atomic E-state index is 5.89. The van der Waals surface area contributed by atoms with Crippen molar-refractivity contribution in [1.29, 1.82) is 0 Å². The molecule has 0 unspecified atom stereocenters. The third-order valence-corrected chi connectivity index (χ3v) is 3.08. The predicted molar refractivity (Wildman–Crippen MR) is 57.3 cm³/mol. The first-order chi connectivity index (χ1) is 5.27. The lowest BCUT2D eigenvalue weighted by atomic mass is 10.3. The first-order valence-electron chi connectivity index (χ1n) is 2.96. The summed E-state index contributed by atoms with van der Waals surface area (Å²) in [6.07, 6.45) is 0. The summed E-state index contributed by atoms with van der Waals surface area (Å²) < 4.78 is 2.15. The third-order valence-electron chi connectivity index (χ3n) is 1.37. The lowest BCUT2D eigenvalue weighted by molar-refractivity contribution is 1.31. The highest BCUT2D eigenvalue weighted by Crippen LogP contribution is 2.27. The molecule has 2 rings (SSSR count). The molecule has 0 aromatic carbocycles. The predicted octanol–water partition coefficient (Wildman–Crippen LogP) is 3.55. The molecule has 11 heavy (non-hydrogen) atoms. The molecule has 0 radical (unpaired) electrons. The minimum absolute atomic E-state index is 0.605. The van der Waals surface area contributed by atoms with Crippen molar-refractivity contribution < 1.29 is 0 Å². The molecule has 0 bridgehead atoms. The van der Waals surface area contributed by atoms with Crippen LogP contribution in [0, 0.1) is 3.70 Å². The van der Waals surface area contributed by atoms with Crippen LogP contribution < -0.4 is 0 Å². The van der Waals surface area contributed by atoms with E-state index >= 15 is 0 Å². The van der Waals surface area contributed by atoms with Crippen molar-refractivity contribution in [2.75, 3.05) is 0 Å². The van der Waals surface area contributed by atoms with Crippen molar-refractivity contribution in [2.45, 2.75) is 0 Å². The van der Waals surface area contributed by atoms with Crippen molar-refractivity contribution in [2.24, 2.45) is 0 Å². The van der Waals surface area contributed by atoms with Gasteiger partial charge >= 0.3 is 0 Å². The summed E-state index contributed by atoms with van der Waals surface area (Å²) in [7, 11) is 0. The van der Waals surface area contributed by atoms with Crippen LogP contribution in [-0.4, -0.2) is 4.98 Å². The van der Waals surface area contributed by atoms with Gasteiger partial charge in [0.15, 0.2) is 0 Å². The van der Waals surface area contributed by atoms with E-state index in [1.54, 1.807) is 11.3 Å². The Kier molecular flexibility index (Phi) is 2.03. The number of hydrogen-bond donors (Lipinski definition) is 0. The molecule has 0 spiro atoms. The number of thiophene rings is 1. The Morgan fingerprint density at radius 2 is 2.36 bits per heavy atom. The number of nitrogens with zero attached hydrogens (tertiary/aromatic N) is 1. The highest BCUT2D eigenvalue weighted by Gasteiger charge is 2.02. The second kappa shape index (κ2) is 2.88. The number of fused-ring (bicyclic) bond motifs is 1. The fourth-order valence-corrected chi connectivity index (χ4v) is 2.94. The molecule has 0 saturated heterocycles. The molecule has 0 N–H and O–H groups in total. The molecular formula is C7H3ClINS. The lowest BCUT2D eigenvalue weighted by Crippen LogP contribution is -1.79. The summed E-state index contributed by atoms with van der Waals surface area (Å²) in [6.45, 7) is 0. The maximum Gasteiger partial charge on any atom is 0.138 e. The van der Waals surface area contributed by atoms with Gasteiger partial charge in [0.05, 0.1) is 0 Å². The molecule has 0 aliphatic heterocycles. The Bertz CT molecular complexity index is 398. The Morgan fingerprint density at radius 3 is 3.18 bits per heavy atom. The van der Waals surface area contributed by atoms with E-state index in [2.05, 4.69) is 27.6 Å². The van der Waals surface area contributed by atoms with Gasteiger partial charge in [-0.25, -0.2) is 4.98 Å². The number of pyridine rings is 1.